The largest absolute Gasteiger partial charge is 0.259 e. The number of benzene rings is 2. The van der Waals surface area contributed by atoms with Gasteiger partial charge in [0.15, 0.2) is 0 Å². The lowest BCUT2D eigenvalue weighted by atomic mass is 9.94. The molecular weight excluding hydrogens is 372 g/mol. The second-order valence-electron chi connectivity index (χ2n) is 6.12. The SMILES string of the molecule is Cc1c(Cc2nccc3cc(Br)cnc23)cccc1-c1ccccc1. The third kappa shape index (κ3) is 3.20. The van der Waals surface area contributed by atoms with E-state index >= 15 is 0 Å². The van der Waals surface area contributed by atoms with Gasteiger partial charge in [-0.15, -0.1) is 0 Å². The first-order valence-electron chi connectivity index (χ1n) is 8.25. The molecule has 2 aromatic heterocycles. The van der Waals surface area contributed by atoms with Gasteiger partial charge in [-0.2, -0.15) is 0 Å². The molecular formula is C22H17BrN2. The first kappa shape index (κ1) is 16.0. The maximum Gasteiger partial charge on any atom is 0.0921 e. The molecule has 0 spiro atoms. The molecule has 0 atom stereocenters. The summed E-state index contributed by atoms with van der Waals surface area (Å²) in [4.78, 5) is 9.18. The number of rotatable bonds is 3. The minimum absolute atomic E-state index is 0.776. The van der Waals surface area contributed by atoms with Crippen LogP contribution < -0.4 is 0 Å². The van der Waals surface area contributed by atoms with Gasteiger partial charge in [-0.3, -0.25) is 9.97 Å². The van der Waals surface area contributed by atoms with Crippen molar-refractivity contribution in [3.8, 4) is 11.1 Å². The van der Waals surface area contributed by atoms with E-state index in [0.29, 0.717) is 0 Å². The number of fused-ring (bicyclic) bond motifs is 1. The zero-order chi connectivity index (χ0) is 17.2. The van der Waals surface area contributed by atoms with Gasteiger partial charge in [0, 0.05) is 28.7 Å². The van der Waals surface area contributed by atoms with E-state index in [4.69, 9.17) is 0 Å². The van der Waals surface area contributed by atoms with E-state index in [-0.39, 0.29) is 0 Å². The van der Waals surface area contributed by atoms with Crippen molar-refractivity contribution in [2.24, 2.45) is 0 Å². The fourth-order valence-electron chi connectivity index (χ4n) is 3.21. The first-order chi connectivity index (χ1) is 12.2. The fourth-order valence-corrected chi connectivity index (χ4v) is 3.56. The summed E-state index contributed by atoms with van der Waals surface area (Å²) < 4.78 is 0.986. The van der Waals surface area contributed by atoms with E-state index < -0.39 is 0 Å². The monoisotopic (exact) mass is 388 g/mol. The van der Waals surface area contributed by atoms with Crippen molar-refractivity contribution in [1.82, 2.24) is 9.97 Å². The van der Waals surface area contributed by atoms with Crippen molar-refractivity contribution in [3.63, 3.8) is 0 Å². The van der Waals surface area contributed by atoms with E-state index in [1.54, 1.807) is 0 Å². The zero-order valence-electron chi connectivity index (χ0n) is 13.9. The van der Waals surface area contributed by atoms with Crippen LogP contribution in [0.1, 0.15) is 16.8 Å². The molecule has 0 fully saturated rings. The molecule has 0 saturated heterocycles. The molecule has 0 bridgehead atoms. The smallest absolute Gasteiger partial charge is 0.0921 e. The molecule has 122 valence electrons. The minimum Gasteiger partial charge on any atom is -0.259 e. The Morgan fingerprint density at radius 2 is 1.76 bits per heavy atom. The van der Waals surface area contributed by atoms with Crippen molar-refractivity contribution in [3.05, 3.63) is 94.4 Å². The van der Waals surface area contributed by atoms with Crippen molar-refractivity contribution in [1.29, 1.82) is 0 Å². The first-order valence-corrected chi connectivity index (χ1v) is 9.05. The lowest BCUT2D eigenvalue weighted by Gasteiger charge is -2.12. The molecule has 0 radical (unpaired) electrons. The van der Waals surface area contributed by atoms with Gasteiger partial charge in [-0.1, -0.05) is 48.5 Å². The number of hydrogen-bond acceptors (Lipinski definition) is 2. The Morgan fingerprint density at radius 1 is 0.920 bits per heavy atom. The molecule has 0 unspecified atom stereocenters. The highest BCUT2D eigenvalue weighted by atomic mass is 79.9. The minimum atomic E-state index is 0.776. The fraction of sp³-hybridized carbons (Fsp3) is 0.0909. The Morgan fingerprint density at radius 3 is 2.60 bits per heavy atom. The number of pyridine rings is 2. The number of hydrogen-bond donors (Lipinski definition) is 0. The van der Waals surface area contributed by atoms with Gasteiger partial charge in [0.1, 0.15) is 0 Å². The van der Waals surface area contributed by atoms with E-state index in [2.05, 4.69) is 81.4 Å². The van der Waals surface area contributed by atoms with Crippen LogP contribution in [0.2, 0.25) is 0 Å². The summed E-state index contributed by atoms with van der Waals surface area (Å²) in [6, 6.07) is 21.1. The van der Waals surface area contributed by atoms with E-state index in [0.717, 1.165) is 27.5 Å². The van der Waals surface area contributed by atoms with Gasteiger partial charge in [0.2, 0.25) is 0 Å². The molecule has 2 heterocycles. The third-order valence-corrected chi connectivity index (χ3v) is 4.96. The van der Waals surface area contributed by atoms with Crippen molar-refractivity contribution < 1.29 is 0 Å². The highest BCUT2D eigenvalue weighted by Crippen LogP contribution is 2.28. The molecule has 0 aliphatic rings. The molecule has 3 heteroatoms. The molecule has 0 amide bonds. The highest BCUT2D eigenvalue weighted by Gasteiger charge is 2.10. The average molecular weight is 389 g/mol. The summed E-state index contributed by atoms with van der Waals surface area (Å²) in [5, 5.41) is 1.11. The molecule has 0 saturated carbocycles. The summed E-state index contributed by atoms with van der Waals surface area (Å²) in [5.74, 6) is 0. The Balaban J connectivity index is 1.77. The molecule has 4 aromatic rings. The van der Waals surface area contributed by atoms with Crippen LogP contribution in [0.3, 0.4) is 0 Å². The predicted octanol–water partition coefficient (Wildman–Crippen LogP) is 5.96. The molecule has 4 rings (SSSR count). The van der Waals surface area contributed by atoms with Crippen LogP contribution in [0, 0.1) is 6.92 Å². The zero-order valence-corrected chi connectivity index (χ0v) is 15.5. The normalized spacial score (nSPS) is 11.0. The van der Waals surface area contributed by atoms with Gasteiger partial charge >= 0.3 is 0 Å². The summed E-state index contributed by atoms with van der Waals surface area (Å²) in [6.45, 7) is 2.19. The molecule has 25 heavy (non-hydrogen) atoms. The van der Waals surface area contributed by atoms with E-state index in [1.165, 1.54) is 22.3 Å². The number of nitrogens with zero attached hydrogens (tertiary/aromatic N) is 2. The topological polar surface area (TPSA) is 25.8 Å². The Labute approximate surface area is 155 Å². The van der Waals surface area contributed by atoms with Crippen LogP contribution in [0.25, 0.3) is 22.0 Å². The standard InChI is InChI=1S/C22H17BrN2/c1-15-17(8-5-9-20(15)16-6-3-2-4-7-16)13-21-22-18(10-11-24-21)12-19(23)14-25-22/h2-12,14H,13H2,1H3. The van der Waals surface area contributed by atoms with E-state index in [1.807, 2.05) is 24.5 Å². The Kier molecular flexibility index (Phi) is 4.33. The van der Waals surface area contributed by atoms with Gasteiger partial charge < -0.3 is 0 Å². The third-order valence-electron chi connectivity index (χ3n) is 4.53. The lowest BCUT2D eigenvalue weighted by molar-refractivity contribution is 1.07. The summed E-state index contributed by atoms with van der Waals surface area (Å²) >= 11 is 3.49. The van der Waals surface area contributed by atoms with Crippen LogP contribution in [-0.2, 0) is 6.42 Å². The van der Waals surface area contributed by atoms with Crippen molar-refractivity contribution in [2.45, 2.75) is 13.3 Å². The maximum atomic E-state index is 4.60. The number of aromatic nitrogens is 2. The van der Waals surface area contributed by atoms with Crippen LogP contribution in [0.4, 0.5) is 0 Å². The van der Waals surface area contributed by atoms with Crippen LogP contribution in [0.15, 0.2) is 77.5 Å². The summed E-state index contributed by atoms with van der Waals surface area (Å²) in [7, 11) is 0. The molecule has 0 N–H and O–H groups in total. The second-order valence-corrected chi connectivity index (χ2v) is 7.03. The molecule has 2 aromatic carbocycles. The van der Waals surface area contributed by atoms with Gasteiger partial charge in [-0.05, 0) is 57.2 Å². The summed E-state index contributed by atoms with van der Waals surface area (Å²) in [5.41, 5.74) is 7.08. The second kappa shape index (κ2) is 6.77. The lowest BCUT2D eigenvalue weighted by Crippen LogP contribution is -1.98. The van der Waals surface area contributed by atoms with Crippen LogP contribution in [-0.4, -0.2) is 9.97 Å². The Hall–Kier alpha value is -2.52. The Bertz CT molecular complexity index is 1040. The molecule has 0 aliphatic heterocycles. The van der Waals surface area contributed by atoms with E-state index in [9.17, 15) is 0 Å². The van der Waals surface area contributed by atoms with Crippen molar-refractivity contribution in [2.75, 3.05) is 0 Å². The molecule has 0 aliphatic carbocycles. The van der Waals surface area contributed by atoms with Gasteiger partial charge in [0.05, 0.1) is 11.2 Å². The van der Waals surface area contributed by atoms with Crippen molar-refractivity contribution >= 4 is 26.8 Å². The average Bonchev–Trinajstić information content (AvgIpc) is 2.64. The number of halogens is 1. The quantitative estimate of drug-likeness (QED) is 0.432. The highest BCUT2D eigenvalue weighted by molar-refractivity contribution is 9.10. The molecule has 2 nitrogen and oxygen atoms in total. The van der Waals surface area contributed by atoms with Crippen LogP contribution >= 0.6 is 15.9 Å². The van der Waals surface area contributed by atoms with Crippen LogP contribution in [0.5, 0.6) is 0 Å². The maximum absolute atomic E-state index is 4.60. The van der Waals surface area contributed by atoms with Gasteiger partial charge in [-0.25, -0.2) is 0 Å². The summed E-state index contributed by atoms with van der Waals surface area (Å²) in [6.07, 6.45) is 4.47. The predicted molar refractivity (Wildman–Crippen MR) is 107 cm³/mol. The van der Waals surface area contributed by atoms with Gasteiger partial charge in [0.25, 0.3) is 0 Å².